The number of aryl methyl sites for hydroxylation is 1. The number of carbonyl (C=O) groups is 2. The fourth-order valence-corrected chi connectivity index (χ4v) is 3.76. The molecule has 1 heterocycles. The maximum Gasteiger partial charge on any atom is 0.511 e. The van der Waals surface area contributed by atoms with E-state index in [1.54, 1.807) is 0 Å². The number of benzene rings is 1. The second kappa shape index (κ2) is 9.66. The number of hydrogen-bond donors (Lipinski definition) is 0. The van der Waals surface area contributed by atoms with Crippen LogP contribution in [-0.4, -0.2) is 48.5 Å². The van der Waals surface area contributed by atoms with Crippen molar-refractivity contribution in [2.45, 2.75) is 56.8 Å². The Morgan fingerprint density at radius 3 is 2.24 bits per heavy atom. The van der Waals surface area contributed by atoms with E-state index in [9.17, 15) is 52.3 Å². The second-order valence-corrected chi connectivity index (χ2v) is 10.3. The van der Waals surface area contributed by atoms with Crippen LogP contribution in [0.2, 0.25) is 0 Å². The van der Waals surface area contributed by atoms with Gasteiger partial charge in [-0.3, -0.25) is 0 Å². The molecule has 10 nitrogen and oxygen atoms in total. The lowest BCUT2D eigenvalue weighted by atomic mass is 9.99. The third-order valence-electron chi connectivity index (χ3n) is 4.64. The maximum absolute atomic E-state index is 13.6. The van der Waals surface area contributed by atoms with Crippen LogP contribution in [0.1, 0.15) is 31.4 Å². The molecule has 0 aromatic heterocycles. The zero-order valence-corrected chi connectivity index (χ0v) is 20.2. The van der Waals surface area contributed by atoms with E-state index >= 15 is 0 Å². The number of esters is 1. The molecule has 1 aliphatic heterocycles. The molecule has 0 spiro atoms. The van der Waals surface area contributed by atoms with Crippen molar-refractivity contribution in [3.63, 3.8) is 0 Å². The smallest absolute Gasteiger partial charge is 0.475 e. The highest BCUT2D eigenvalue weighted by Gasteiger charge is 2.65. The first-order valence-corrected chi connectivity index (χ1v) is 12.1. The van der Waals surface area contributed by atoms with E-state index in [4.69, 9.17) is 0 Å². The van der Waals surface area contributed by atoms with Crippen LogP contribution in [0.15, 0.2) is 22.6 Å². The Morgan fingerprint density at radius 1 is 1.11 bits per heavy atom. The molecule has 38 heavy (non-hydrogen) atoms. The molecule has 0 bridgehead atoms. The summed E-state index contributed by atoms with van der Waals surface area (Å²) in [5.74, 6) is -2.68. The van der Waals surface area contributed by atoms with Gasteiger partial charge in [-0.15, -0.1) is 10.1 Å². The third kappa shape index (κ3) is 8.25. The van der Waals surface area contributed by atoms with Gasteiger partial charge in [0.05, 0.1) is 12.2 Å². The summed E-state index contributed by atoms with van der Waals surface area (Å²) in [6, 6.07) is -0.234. The lowest BCUT2D eigenvalue weighted by Crippen LogP contribution is -2.41. The van der Waals surface area contributed by atoms with Crippen LogP contribution >= 0.6 is 10.2 Å². The SMILES string of the molecule is Cc1cc(S(F)(F)(F)(F)F)cc2c1O[C@H](C(F)(F)F)C(C(=O)OC(C)OC(=O)OC(C)CCO[N+](=O)[O-])=C2. The van der Waals surface area contributed by atoms with Crippen LogP contribution in [0.5, 0.6) is 5.75 Å². The Labute approximate surface area is 208 Å². The molecule has 0 fully saturated rings. The summed E-state index contributed by atoms with van der Waals surface area (Å²) in [4.78, 5) is 35.8. The van der Waals surface area contributed by atoms with E-state index < -0.39 is 86.1 Å². The normalized spacial score (nSPS) is 18.8. The Morgan fingerprint density at radius 2 is 1.71 bits per heavy atom. The van der Waals surface area contributed by atoms with Gasteiger partial charge in [0.15, 0.2) is 0 Å². The summed E-state index contributed by atoms with van der Waals surface area (Å²) in [5, 5.41) is 8.98. The van der Waals surface area contributed by atoms with Crippen molar-refractivity contribution >= 4 is 28.4 Å². The number of carbonyl (C=O) groups excluding carboxylic acids is 2. The first kappa shape index (κ1) is 30.7. The van der Waals surface area contributed by atoms with Crippen molar-refractivity contribution in [3.8, 4) is 5.75 Å². The van der Waals surface area contributed by atoms with Crippen molar-refractivity contribution in [2.75, 3.05) is 6.61 Å². The van der Waals surface area contributed by atoms with Crippen molar-refractivity contribution in [3.05, 3.63) is 38.9 Å². The predicted molar refractivity (Wildman–Crippen MR) is 111 cm³/mol. The second-order valence-electron chi connectivity index (χ2n) is 7.88. The van der Waals surface area contributed by atoms with E-state index in [1.807, 2.05) is 0 Å². The molecular formula is C19H19F8NO9S. The number of rotatable bonds is 9. The molecule has 0 aliphatic carbocycles. The third-order valence-corrected chi connectivity index (χ3v) is 5.76. The van der Waals surface area contributed by atoms with Gasteiger partial charge in [-0.1, -0.05) is 19.4 Å². The number of hydrogen-bond acceptors (Lipinski definition) is 9. The summed E-state index contributed by atoms with van der Waals surface area (Å²) in [6.45, 7) is 2.50. The molecule has 1 aromatic carbocycles. The van der Waals surface area contributed by atoms with Gasteiger partial charge >= 0.3 is 28.5 Å². The first-order valence-electron chi connectivity index (χ1n) is 10.2. The van der Waals surface area contributed by atoms with Crippen LogP contribution in [0.4, 0.5) is 37.4 Å². The molecule has 1 aromatic rings. The van der Waals surface area contributed by atoms with Gasteiger partial charge in [0.2, 0.25) is 12.4 Å². The zero-order chi connectivity index (χ0) is 29.3. The van der Waals surface area contributed by atoms with Crippen LogP contribution < -0.4 is 4.74 Å². The molecule has 0 amide bonds. The number of alkyl halides is 3. The largest absolute Gasteiger partial charge is 0.511 e. The molecular weight excluding hydrogens is 570 g/mol. The molecule has 0 saturated heterocycles. The minimum atomic E-state index is -10.3. The number of fused-ring (bicyclic) bond motifs is 1. The van der Waals surface area contributed by atoms with Crippen LogP contribution in [0, 0.1) is 17.0 Å². The average molecular weight is 589 g/mol. The van der Waals surface area contributed by atoms with Crippen molar-refractivity contribution in [2.24, 2.45) is 0 Å². The summed E-state index contributed by atoms with van der Waals surface area (Å²) < 4.78 is 126. The van der Waals surface area contributed by atoms with E-state index in [1.165, 1.54) is 6.92 Å². The first-order chi connectivity index (χ1) is 17.0. The fraction of sp³-hybridized carbons (Fsp3) is 0.474. The number of ether oxygens (including phenoxy) is 4. The number of halogens is 8. The molecule has 216 valence electrons. The Kier molecular flexibility index (Phi) is 7.81. The maximum atomic E-state index is 13.6. The van der Waals surface area contributed by atoms with Gasteiger partial charge in [-0.25, -0.2) is 9.59 Å². The highest BCUT2D eigenvalue weighted by Crippen LogP contribution is 3.02. The summed E-state index contributed by atoms with van der Waals surface area (Å²) >= 11 is 0. The molecule has 1 aliphatic rings. The minimum absolute atomic E-state index is 0.0724. The molecule has 19 heteroatoms. The lowest BCUT2D eigenvalue weighted by Gasteiger charge is -2.41. The zero-order valence-electron chi connectivity index (χ0n) is 19.4. The van der Waals surface area contributed by atoms with Crippen LogP contribution in [-0.2, 0) is 23.8 Å². The Balaban J connectivity index is 2.25. The Hall–Kier alpha value is -3.51. The average Bonchev–Trinajstić information content (AvgIpc) is 2.69. The van der Waals surface area contributed by atoms with Gasteiger partial charge in [0.1, 0.15) is 16.7 Å². The van der Waals surface area contributed by atoms with Crippen molar-refractivity contribution in [1.82, 2.24) is 0 Å². The highest BCUT2D eigenvalue weighted by atomic mass is 32.5. The van der Waals surface area contributed by atoms with E-state index in [0.29, 0.717) is 0 Å². The topological polar surface area (TPSA) is 123 Å². The van der Waals surface area contributed by atoms with Gasteiger partial charge in [-0.2, -0.15) is 13.2 Å². The summed E-state index contributed by atoms with van der Waals surface area (Å²) in [5.41, 5.74) is -3.03. The minimum Gasteiger partial charge on any atom is -0.475 e. The van der Waals surface area contributed by atoms with Crippen molar-refractivity contribution in [1.29, 1.82) is 0 Å². The lowest BCUT2D eigenvalue weighted by molar-refractivity contribution is -0.758. The van der Waals surface area contributed by atoms with E-state index in [0.717, 1.165) is 13.8 Å². The summed E-state index contributed by atoms with van der Waals surface area (Å²) in [6.07, 6.45) is -12.7. The van der Waals surface area contributed by atoms with Crippen LogP contribution in [0.3, 0.4) is 0 Å². The molecule has 0 N–H and O–H groups in total. The van der Waals surface area contributed by atoms with Crippen LogP contribution in [0.25, 0.3) is 6.08 Å². The van der Waals surface area contributed by atoms with E-state index in [2.05, 4.69) is 23.8 Å². The molecule has 3 atom stereocenters. The monoisotopic (exact) mass is 589 g/mol. The molecule has 2 unspecified atom stereocenters. The molecule has 0 saturated carbocycles. The van der Waals surface area contributed by atoms with Crippen molar-refractivity contribution < 1.29 is 71.1 Å². The molecule has 0 radical (unpaired) electrons. The Bertz CT molecular complexity index is 1150. The van der Waals surface area contributed by atoms with Gasteiger partial charge in [0, 0.05) is 18.9 Å². The molecule has 2 rings (SSSR count). The summed E-state index contributed by atoms with van der Waals surface area (Å²) in [7, 11) is -10.3. The highest BCUT2D eigenvalue weighted by molar-refractivity contribution is 8.45. The fourth-order valence-electron chi connectivity index (χ4n) is 3.01. The predicted octanol–water partition coefficient (Wildman–Crippen LogP) is 6.39. The quantitative estimate of drug-likeness (QED) is 0.106. The van der Waals surface area contributed by atoms with E-state index in [-0.39, 0.29) is 24.6 Å². The van der Waals surface area contributed by atoms with Gasteiger partial charge < -0.3 is 23.8 Å². The number of nitrogens with zero attached hydrogens (tertiary/aromatic N) is 1. The van der Waals surface area contributed by atoms with Gasteiger partial charge in [-0.05, 0) is 37.6 Å². The standard InChI is InChI=1S/C19H19F8NO9S/c1-9-6-13(38(23,24,25,26)27)7-12-8-14(16(19(20,21)22)37-15(9)12)17(29)35-11(3)36-18(30)34-10(2)4-5-33-28(31)32/h6-8,10-11,16H,4-5H2,1-3H3/t10?,11?,16-/m0/s1. The van der Waals surface area contributed by atoms with Gasteiger partial charge in [0.25, 0.3) is 5.09 Å².